The van der Waals surface area contributed by atoms with E-state index in [1.807, 2.05) is 37.3 Å². The van der Waals surface area contributed by atoms with Gasteiger partial charge in [-0.2, -0.15) is 0 Å². The zero-order valence-electron chi connectivity index (χ0n) is 13.3. The van der Waals surface area contributed by atoms with Crippen molar-refractivity contribution in [3.05, 3.63) is 71.9 Å². The van der Waals surface area contributed by atoms with Crippen LogP contribution in [0.3, 0.4) is 0 Å². The topological polar surface area (TPSA) is 50.7 Å². The first-order chi connectivity index (χ1) is 11.7. The highest BCUT2D eigenvalue weighted by atomic mass is 19.1. The van der Waals surface area contributed by atoms with E-state index in [1.54, 1.807) is 12.4 Å². The SMILES string of the molecule is Cc1cc(N[C@@H]2C[C@H]2c2ccc(F)cc2)nc(-c2ccncc2)n1. The number of nitrogens with one attached hydrogen (secondary N) is 1. The van der Waals surface area contributed by atoms with Crippen LogP contribution in [0.25, 0.3) is 11.4 Å². The number of pyridine rings is 1. The quantitative estimate of drug-likeness (QED) is 0.791. The first kappa shape index (κ1) is 14.8. The summed E-state index contributed by atoms with van der Waals surface area (Å²) in [7, 11) is 0. The summed E-state index contributed by atoms with van der Waals surface area (Å²) in [6.07, 6.45) is 4.50. The van der Waals surface area contributed by atoms with E-state index in [9.17, 15) is 4.39 Å². The Labute approximate surface area is 139 Å². The van der Waals surface area contributed by atoms with E-state index in [-0.39, 0.29) is 5.82 Å². The van der Waals surface area contributed by atoms with Crippen molar-refractivity contribution < 1.29 is 4.39 Å². The standard InChI is InChI=1S/C19H17FN4/c1-12-10-18(24-19(22-12)14-6-8-21-9-7-14)23-17-11-16(17)13-2-4-15(20)5-3-13/h2-10,16-17H,11H2,1H3,(H,22,23,24)/t16-,17+/m0/s1. The molecule has 0 aliphatic heterocycles. The maximum absolute atomic E-state index is 13.0. The summed E-state index contributed by atoms with van der Waals surface area (Å²) in [5, 5.41) is 3.47. The van der Waals surface area contributed by atoms with E-state index in [2.05, 4.69) is 20.3 Å². The van der Waals surface area contributed by atoms with Gasteiger partial charge in [0.05, 0.1) is 0 Å². The lowest BCUT2D eigenvalue weighted by molar-refractivity contribution is 0.627. The fourth-order valence-electron chi connectivity index (χ4n) is 2.90. The van der Waals surface area contributed by atoms with Crippen LogP contribution in [0.15, 0.2) is 54.9 Å². The van der Waals surface area contributed by atoms with Gasteiger partial charge in [-0.3, -0.25) is 4.98 Å². The highest BCUT2D eigenvalue weighted by Crippen LogP contribution is 2.42. The molecule has 0 spiro atoms. The molecule has 0 unspecified atom stereocenters. The summed E-state index contributed by atoms with van der Waals surface area (Å²) in [5.74, 6) is 1.73. The molecule has 24 heavy (non-hydrogen) atoms. The van der Waals surface area contributed by atoms with Gasteiger partial charge in [0.15, 0.2) is 5.82 Å². The number of aryl methyl sites for hydroxylation is 1. The van der Waals surface area contributed by atoms with Gasteiger partial charge < -0.3 is 5.32 Å². The van der Waals surface area contributed by atoms with Crippen molar-refractivity contribution in [2.75, 3.05) is 5.32 Å². The summed E-state index contributed by atoms with van der Waals surface area (Å²) in [6.45, 7) is 1.96. The lowest BCUT2D eigenvalue weighted by atomic mass is 10.1. The van der Waals surface area contributed by atoms with Crippen LogP contribution in [0, 0.1) is 12.7 Å². The van der Waals surface area contributed by atoms with Crippen molar-refractivity contribution in [2.45, 2.75) is 25.3 Å². The molecule has 0 amide bonds. The smallest absolute Gasteiger partial charge is 0.161 e. The highest BCUT2D eigenvalue weighted by Gasteiger charge is 2.38. The molecule has 0 saturated heterocycles. The predicted molar refractivity (Wildman–Crippen MR) is 91.2 cm³/mol. The summed E-state index contributed by atoms with van der Waals surface area (Å²) >= 11 is 0. The predicted octanol–water partition coefficient (Wildman–Crippen LogP) is 3.95. The second kappa shape index (κ2) is 6.00. The van der Waals surface area contributed by atoms with E-state index < -0.39 is 0 Å². The molecular formula is C19H17FN4. The van der Waals surface area contributed by atoms with Crippen LogP contribution in [0.4, 0.5) is 10.2 Å². The van der Waals surface area contributed by atoms with Crippen LogP contribution in [0.5, 0.6) is 0 Å². The number of anilines is 1. The Kier molecular flexibility index (Phi) is 3.69. The molecule has 1 N–H and O–H groups in total. The molecule has 120 valence electrons. The molecule has 1 aliphatic carbocycles. The Hall–Kier alpha value is -2.82. The van der Waals surface area contributed by atoms with Gasteiger partial charge in [0.25, 0.3) is 0 Å². The van der Waals surface area contributed by atoms with Crippen molar-refractivity contribution in [2.24, 2.45) is 0 Å². The number of aromatic nitrogens is 3. The second-order valence-electron chi connectivity index (χ2n) is 6.10. The van der Waals surface area contributed by atoms with Crippen molar-refractivity contribution in [3.63, 3.8) is 0 Å². The summed E-state index contributed by atoms with van der Waals surface area (Å²) in [6, 6.07) is 12.8. The first-order valence-electron chi connectivity index (χ1n) is 7.97. The normalized spacial score (nSPS) is 19.1. The van der Waals surface area contributed by atoms with Gasteiger partial charge in [0.2, 0.25) is 0 Å². The molecule has 5 heteroatoms. The Morgan fingerprint density at radius 1 is 1.04 bits per heavy atom. The third-order valence-electron chi connectivity index (χ3n) is 4.21. The van der Waals surface area contributed by atoms with Gasteiger partial charge in [-0.1, -0.05) is 12.1 Å². The van der Waals surface area contributed by atoms with E-state index >= 15 is 0 Å². The molecule has 0 bridgehead atoms. The monoisotopic (exact) mass is 320 g/mol. The molecule has 4 rings (SSSR count). The molecule has 1 aromatic carbocycles. The fraction of sp³-hybridized carbons (Fsp3) is 0.211. The molecule has 2 atom stereocenters. The van der Waals surface area contributed by atoms with Gasteiger partial charge >= 0.3 is 0 Å². The van der Waals surface area contributed by atoms with Gasteiger partial charge in [-0.05, 0) is 43.2 Å². The molecule has 1 fully saturated rings. The number of hydrogen-bond donors (Lipinski definition) is 1. The molecule has 2 heterocycles. The molecule has 0 radical (unpaired) electrons. The Morgan fingerprint density at radius 2 is 1.79 bits per heavy atom. The number of halogens is 1. The van der Waals surface area contributed by atoms with Crippen LogP contribution in [0.1, 0.15) is 23.6 Å². The van der Waals surface area contributed by atoms with Crippen LogP contribution in [-0.2, 0) is 0 Å². The number of nitrogens with zero attached hydrogens (tertiary/aromatic N) is 3. The zero-order chi connectivity index (χ0) is 16.5. The minimum absolute atomic E-state index is 0.197. The van der Waals surface area contributed by atoms with E-state index in [4.69, 9.17) is 0 Å². The molecule has 1 aliphatic rings. The third kappa shape index (κ3) is 3.11. The van der Waals surface area contributed by atoms with E-state index in [1.165, 1.54) is 12.1 Å². The molecular weight excluding hydrogens is 303 g/mol. The lowest BCUT2D eigenvalue weighted by Crippen LogP contribution is -2.07. The summed E-state index contributed by atoms with van der Waals surface area (Å²) < 4.78 is 13.0. The summed E-state index contributed by atoms with van der Waals surface area (Å²) in [4.78, 5) is 13.1. The van der Waals surface area contributed by atoms with Crippen LogP contribution in [0.2, 0.25) is 0 Å². The fourth-order valence-corrected chi connectivity index (χ4v) is 2.90. The third-order valence-corrected chi connectivity index (χ3v) is 4.21. The van der Waals surface area contributed by atoms with Crippen molar-refractivity contribution in [3.8, 4) is 11.4 Å². The highest BCUT2D eigenvalue weighted by molar-refractivity contribution is 5.57. The van der Waals surface area contributed by atoms with Crippen LogP contribution in [-0.4, -0.2) is 21.0 Å². The van der Waals surface area contributed by atoms with Gasteiger partial charge in [-0.25, -0.2) is 14.4 Å². The average molecular weight is 320 g/mol. The minimum Gasteiger partial charge on any atom is -0.367 e. The van der Waals surface area contributed by atoms with Gasteiger partial charge in [-0.15, -0.1) is 0 Å². The molecule has 2 aromatic heterocycles. The maximum atomic E-state index is 13.0. The first-order valence-corrected chi connectivity index (χ1v) is 7.97. The van der Waals surface area contributed by atoms with Gasteiger partial charge in [0.1, 0.15) is 11.6 Å². The molecule has 4 nitrogen and oxygen atoms in total. The second-order valence-corrected chi connectivity index (χ2v) is 6.10. The van der Waals surface area contributed by atoms with E-state index in [0.29, 0.717) is 17.8 Å². The van der Waals surface area contributed by atoms with E-state index in [0.717, 1.165) is 29.1 Å². The van der Waals surface area contributed by atoms with Crippen molar-refractivity contribution in [1.82, 2.24) is 15.0 Å². The Morgan fingerprint density at radius 3 is 2.54 bits per heavy atom. The lowest BCUT2D eigenvalue weighted by Gasteiger charge is -2.09. The Bertz CT molecular complexity index is 849. The molecule has 1 saturated carbocycles. The zero-order valence-corrected chi connectivity index (χ0v) is 13.3. The molecule has 3 aromatic rings. The number of benzene rings is 1. The Balaban J connectivity index is 1.52. The average Bonchev–Trinajstić information content (AvgIpc) is 3.35. The van der Waals surface area contributed by atoms with Crippen LogP contribution >= 0.6 is 0 Å². The minimum atomic E-state index is -0.197. The van der Waals surface area contributed by atoms with Crippen molar-refractivity contribution in [1.29, 1.82) is 0 Å². The largest absolute Gasteiger partial charge is 0.367 e. The summed E-state index contributed by atoms with van der Waals surface area (Å²) in [5.41, 5.74) is 3.02. The van der Waals surface area contributed by atoms with Crippen molar-refractivity contribution >= 4 is 5.82 Å². The van der Waals surface area contributed by atoms with Gasteiger partial charge in [0, 0.05) is 41.7 Å². The maximum Gasteiger partial charge on any atom is 0.161 e. The number of hydrogen-bond acceptors (Lipinski definition) is 4. The van der Waals surface area contributed by atoms with Crippen LogP contribution < -0.4 is 5.32 Å². The number of rotatable bonds is 4.